The third-order valence-electron chi connectivity index (χ3n) is 4.42. The molecule has 0 spiro atoms. The third kappa shape index (κ3) is 5.32. The molecule has 0 amide bonds. The Labute approximate surface area is 164 Å². The van der Waals surface area contributed by atoms with Gasteiger partial charge >= 0.3 is 0 Å². The fourth-order valence-corrected chi connectivity index (χ4v) is 3.43. The summed E-state index contributed by atoms with van der Waals surface area (Å²) in [5, 5.41) is 15.9. The smallest absolute Gasteiger partial charge is 0.161 e. The van der Waals surface area contributed by atoms with E-state index in [4.69, 9.17) is 9.47 Å². The summed E-state index contributed by atoms with van der Waals surface area (Å²) in [6, 6.07) is 19.6. The van der Waals surface area contributed by atoms with Crippen LogP contribution in [0, 0.1) is 0 Å². The molecule has 0 fully saturated rings. The van der Waals surface area contributed by atoms with Crippen LogP contribution in [0.25, 0.3) is 0 Å². The largest absolute Gasteiger partial charge is 0.493 e. The van der Waals surface area contributed by atoms with Gasteiger partial charge in [-0.05, 0) is 41.6 Å². The number of aliphatic hydroxyl groups is 1. The zero-order valence-corrected chi connectivity index (χ0v) is 16.4. The van der Waals surface area contributed by atoms with Gasteiger partial charge in [0.25, 0.3) is 0 Å². The Morgan fingerprint density at radius 2 is 1.85 bits per heavy atom. The molecule has 2 unspecified atom stereocenters. The highest BCUT2D eigenvalue weighted by Crippen LogP contribution is 2.29. The molecule has 0 saturated carbocycles. The van der Waals surface area contributed by atoms with Crippen LogP contribution in [0.5, 0.6) is 11.5 Å². The second-order valence-electron chi connectivity index (χ2n) is 6.38. The number of benzene rings is 2. The van der Waals surface area contributed by atoms with E-state index in [0.29, 0.717) is 18.9 Å². The maximum Gasteiger partial charge on any atom is 0.161 e. The molecule has 4 nitrogen and oxygen atoms in total. The Morgan fingerprint density at radius 3 is 2.56 bits per heavy atom. The van der Waals surface area contributed by atoms with E-state index < -0.39 is 6.10 Å². The Morgan fingerprint density at radius 1 is 1.04 bits per heavy atom. The number of ether oxygens (including phenoxy) is 2. The van der Waals surface area contributed by atoms with Crippen molar-refractivity contribution in [3.63, 3.8) is 0 Å². The Hall–Kier alpha value is -2.34. The molecule has 1 heterocycles. The molecular formula is C22H25NO3S. The second kappa shape index (κ2) is 9.55. The molecule has 0 aliphatic carbocycles. The van der Waals surface area contributed by atoms with E-state index in [9.17, 15) is 5.11 Å². The minimum absolute atomic E-state index is 0.0758. The minimum Gasteiger partial charge on any atom is -0.493 e. The number of hydrogen-bond donors (Lipinski definition) is 2. The number of hydrogen-bond acceptors (Lipinski definition) is 5. The van der Waals surface area contributed by atoms with Gasteiger partial charge < -0.3 is 19.9 Å². The normalized spacial score (nSPS) is 13.1. The van der Waals surface area contributed by atoms with Crippen LogP contribution < -0.4 is 14.8 Å². The van der Waals surface area contributed by atoms with E-state index in [1.54, 1.807) is 18.4 Å². The van der Waals surface area contributed by atoms with Gasteiger partial charge in [0.15, 0.2) is 11.5 Å². The number of methoxy groups -OCH3 is 1. The molecule has 0 bridgehead atoms. The topological polar surface area (TPSA) is 50.7 Å². The van der Waals surface area contributed by atoms with Gasteiger partial charge in [-0.2, -0.15) is 0 Å². The van der Waals surface area contributed by atoms with Crippen LogP contribution in [-0.4, -0.2) is 18.3 Å². The molecule has 2 aromatic carbocycles. The summed E-state index contributed by atoms with van der Waals surface area (Å²) in [5.41, 5.74) is 1.98. The molecule has 5 heteroatoms. The first-order valence-corrected chi connectivity index (χ1v) is 9.84. The van der Waals surface area contributed by atoms with Crippen molar-refractivity contribution < 1.29 is 14.6 Å². The van der Waals surface area contributed by atoms with Gasteiger partial charge in [0.1, 0.15) is 6.61 Å². The highest BCUT2D eigenvalue weighted by molar-refractivity contribution is 7.09. The van der Waals surface area contributed by atoms with Crippen molar-refractivity contribution in [3.05, 3.63) is 82.0 Å². The SMILES string of the molecule is COc1cc(CNC(C)C(O)c2ccccc2)ccc1OCc1cccs1. The zero-order chi connectivity index (χ0) is 19.1. The van der Waals surface area contributed by atoms with Crippen LogP contribution in [0.2, 0.25) is 0 Å². The average Bonchev–Trinajstić information content (AvgIpc) is 3.24. The van der Waals surface area contributed by atoms with Gasteiger partial charge in [-0.1, -0.05) is 42.5 Å². The third-order valence-corrected chi connectivity index (χ3v) is 5.27. The van der Waals surface area contributed by atoms with E-state index in [1.165, 1.54) is 4.88 Å². The lowest BCUT2D eigenvalue weighted by atomic mass is 10.0. The van der Waals surface area contributed by atoms with E-state index in [0.717, 1.165) is 16.9 Å². The zero-order valence-electron chi connectivity index (χ0n) is 15.6. The molecule has 27 heavy (non-hydrogen) atoms. The molecule has 2 N–H and O–H groups in total. The lowest BCUT2D eigenvalue weighted by Gasteiger charge is -2.21. The van der Waals surface area contributed by atoms with Crippen molar-refractivity contribution in [2.75, 3.05) is 7.11 Å². The fourth-order valence-electron chi connectivity index (χ4n) is 2.81. The Kier molecular flexibility index (Phi) is 6.87. The predicted octanol–water partition coefficient (Wildman–Crippen LogP) is 4.55. The minimum atomic E-state index is -0.554. The molecule has 142 valence electrons. The molecule has 0 radical (unpaired) electrons. The first-order chi connectivity index (χ1) is 13.2. The molecule has 0 aliphatic heterocycles. The summed E-state index contributed by atoms with van der Waals surface area (Å²) < 4.78 is 11.4. The van der Waals surface area contributed by atoms with E-state index in [1.807, 2.05) is 66.9 Å². The highest BCUT2D eigenvalue weighted by Gasteiger charge is 2.16. The monoisotopic (exact) mass is 383 g/mol. The van der Waals surface area contributed by atoms with Crippen molar-refractivity contribution in [3.8, 4) is 11.5 Å². The lowest BCUT2D eigenvalue weighted by molar-refractivity contribution is 0.135. The van der Waals surface area contributed by atoms with E-state index in [2.05, 4.69) is 11.4 Å². The molecule has 0 saturated heterocycles. The molecule has 1 aromatic heterocycles. The standard InChI is InChI=1S/C22H25NO3S/c1-16(22(24)18-7-4-3-5-8-18)23-14-17-10-11-20(21(13-17)25-2)26-15-19-9-6-12-27-19/h3-13,16,22-24H,14-15H2,1-2H3. The highest BCUT2D eigenvalue weighted by atomic mass is 32.1. The Balaban J connectivity index is 1.58. The van der Waals surface area contributed by atoms with Crippen LogP contribution in [0.3, 0.4) is 0 Å². The van der Waals surface area contributed by atoms with Crippen molar-refractivity contribution in [2.24, 2.45) is 0 Å². The number of rotatable bonds is 9. The van der Waals surface area contributed by atoms with E-state index in [-0.39, 0.29) is 6.04 Å². The maximum absolute atomic E-state index is 10.5. The molecule has 0 aliphatic rings. The lowest BCUT2D eigenvalue weighted by Crippen LogP contribution is -2.31. The quantitative estimate of drug-likeness (QED) is 0.569. The van der Waals surface area contributed by atoms with E-state index >= 15 is 0 Å². The maximum atomic E-state index is 10.5. The van der Waals surface area contributed by atoms with Gasteiger partial charge in [0, 0.05) is 17.5 Å². The number of aliphatic hydroxyl groups excluding tert-OH is 1. The Bertz CT molecular complexity index is 821. The summed E-state index contributed by atoms with van der Waals surface area (Å²) in [6.45, 7) is 3.14. The van der Waals surface area contributed by atoms with Crippen LogP contribution in [0.1, 0.15) is 29.0 Å². The van der Waals surface area contributed by atoms with Gasteiger partial charge in [-0.3, -0.25) is 0 Å². The van der Waals surface area contributed by atoms with Gasteiger partial charge in [-0.25, -0.2) is 0 Å². The fraction of sp³-hybridized carbons (Fsp3) is 0.273. The summed E-state index contributed by atoms with van der Waals surface area (Å²) in [4.78, 5) is 1.17. The average molecular weight is 384 g/mol. The van der Waals surface area contributed by atoms with Gasteiger partial charge in [0.2, 0.25) is 0 Å². The van der Waals surface area contributed by atoms with Gasteiger partial charge in [-0.15, -0.1) is 11.3 Å². The van der Waals surface area contributed by atoms with Crippen molar-refractivity contribution in [1.82, 2.24) is 5.32 Å². The molecule has 2 atom stereocenters. The summed E-state index contributed by atoms with van der Waals surface area (Å²) in [7, 11) is 1.65. The predicted molar refractivity (Wildman–Crippen MR) is 109 cm³/mol. The van der Waals surface area contributed by atoms with Crippen LogP contribution >= 0.6 is 11.3 Å². The molecule has 3 aromatic rings. The first kappa shape index (κ1) is 19.4. The van der Waals surface area contributed by atoms with Crippen LogP contribution in [0.4, 0.5) is 0 Å². The first-order valence-electron chi connectivity index (χ1n) is 8.96. The summed E-state index contributed by atoms with van der Waals surface area (Å²) >= 11 is 1.67. The number of nitrogens with one attached hydrogen (secondary N) is 1. The number of thiophene rings is 1. The van der Waals surface area contributed by atoms with Crippen molar-refractivity contribution in [1.29, 1.82) is 0 Å². The molecular weight excluding hydrogens is 358 g/mol. The van der Waals surface area contributed by atoms with Gasteiger partial charge in [0.05, 0.1) is 13.2 Å². The molecule has 3 rings (SSSR count). The van der Waals surface area contributed by atoms with Crippen LogP contribution in [-0.2, 0) is 13.2 Å². The summed E-state index contributed by atoms with van der Waals surface area (Å²) in [5.74, 6) is 1.44. The van der Waals surface area contributed by atoms with Crippen LogP contribution in [0.15, 0.2) is 66.0 Å². The second-order valence-corrected chi connectivity index (χ2v) is 7.41. The van der Waals surface area contributed by atoms with Crippen molar-refractivity contribution in [2.45, 2.75) is 32.2 Å². The van der Waals surface area contributed by atoms with Crippen molar-refractivity contribution >= 4 is 11.3 Å². The summed E-state index contributed by atoms with van der Waals surface area (Å²) in [6.07, 6.45) is -0.554.